The van der Waals surface area contributed by atoms with Crippen LogP contribution in [0.15, 0.2) is 0 Å². The zero-order chi connectivity index (χ0) is 4.12. The summed E-state index contributed by atoms with van der Waals surface area (Å²) in [4.78, 5) is 2.99. The lowest BCUT2D eigenvalue weighted by Gasteiger charge is -1.60. The van der Waals surface area contributed by atoms with E-state index in [0.29, 0.717) is 0 Å². The monoisotopic (exact) mass is 107 g/mol. The maximum atomic E-state index is 2.99. The van der Waals surface area contributed by atoms with E-state index < -0.39 is 0 Å². The van der Waals surface area contributed by atoms with Crippen LogP contribution in [0.4, 0.5) is 0 Å². The minimum absolute atomic E-state index is 0. The van der Waals surface area contributed by atoms with Gasteiger partial charge in [0.05, 0.1) is 0 Å². The highest BCUT2D eigenvalue weighted by molar-refractivity contribution is 5.45. The van der Waals surface area contributed by atoms with Gasteiger partial charge in [-0.1, -0.05) is 0 Å². The summed E-state index contributed by atoms with van der Waals surface area (Å²) in [5, 5.41) is 0. The van der Waals surface area contributed by atoms with Gasteiger partial charge in [0.2, 0.25) is 0 Å². The maximum Gasteiger partial charge on any atom is 0.137 e. The minimum atomic E-state index is 0. The summed E-state index contributed by atoms with van der Waals surface area (Å²) in [7, 11) is 0. The highest BCUT2D eigenvalue weighted by Gasteiger charge is 1.59. The molecule has 0 bridgehead atoms. The highest BCUT2D eigenvalue weighted by atomic mass is 35.5. The SMILES string of the molecule is CC=[NH+]CC.[Cl-]. The molecule has 0 aliphatic heterocycles. The predicted octanol–water partition coefficient (Wildman–Crippen LogP) is -3.82. The van der Waals surface area contributed by atoms with E-state index in [9.17, 15) is 0 Å². The van der Waals surface area contributed by atoms with Crippen LogP contribution < -0.4 is 17.4 Å². The van der Waals surface area contributed by atoms with Gasteiger partial charge in [-0.25, -0.2) is 0 Å². The van der Waals surface area contributed by atoms with Crippen LogP contribution in [0.1, 0.15) is 13.8 Å². The molecule has 38 valence electrons. The number of nitrogens with one attached hydrogen (secondary N) is 1. The fourth-order valence-electron chi connectivity index (χ4n) is 0.204. The molecule has 0 aromatic carbocycles. The normalized spacial score (nSPS) is 8.33. The Hall–Kier alpha value is -0.0400. The van der Waals surface area contributed by atoms with Gasteiger partial charge in [0.1, 0.15) is 12.8 Å². The van der Waals surface area contributed by atoms with Crippen molar-refractivity contribution in [3.63, 3.8) is 0 Å². The van der Waals surface area contributed by atoms with E-state index in [1.807, 2.05) is 13.1 Å². The third-order valence-electron chi connectivity index (χ3n) is 0.408. The summed E-state index contributed by atoms with van der Waals surface area (Å²) in [5.41, 5.74) is 0. The summed E-state index contributed by atoms with van der Waals surface area (Å²) in [6, 6.07) is 0. The van der Waals surface area contributed by atoms with Crippen LogP contribution in [0.3, 0.4) is 0 Å². The average molecular weight is 108 g/mol. The third kappa shape index (κ3) is 9.03. The second-order valence-electron chi connectivity index (χ2n) is 0.846. The van der Waals surface area contributed by atoms with Crippen molar-refractivity contribution in [3.05, 3.63) is 0 Å². The van der Waals surface area contributed by atoms with Crippen LogP contribution in [0.5, 0.6) is 0 Å². The molecule has 2 heteroatoms. The van der Waals surface area contributed by atoms with E-state index in [2.05, 4.69) is 11.9 Å². The van der Waals surface area contributed by atoms with Crippen LogP contribution >= 0.6 is 0 Å². The fourth-order valence-corrected chi connectivity index (χ4v) is 0.204. The molecule has 6 heavy (non-hydrogen) atoms. The Bertz CT molecular complexity index is 34.5. The van der Waals surface area contributed by atoms with E-state index >= 15 is 0 Å². The standard InChI is InChI=1S/C4H9N.ClH/c1-3-5-4-2;/h3H,4H2,1-2H3;1H. The number of halogens is 1. The van der Waals surface area contributed by atoms with Crippen LogP contribution in [0.25, 0.3) is 0 Å². The molecule has 1 nitrogen and oxygen atoms in total. The first-order valence-electron chi connectivity index (χ1n) is 1.93. The van der Waals surface area contributed by atoms with Gasteiger partial charge in [-0.2, -0.15) is 0 Å². The van der Waals surface area contributed by atoms with Crippen LogP contribution in [0, 0.1) is 0 Å². The molecule has 0 atom stereocenters. The molecule has 0 aromatic rings. The molecule has 0 saturated heterocycles. The van der Waals surface area contributed by atoms with E-state index in [1.54, 1.807) is 0 Å². The van der Waals surface area contributed by atoms with Gasteiger partial charge >= 0.3 is 0 Å². The molecule has 0 unspecified atom stereocenters. The first-order chi connectivity index (χ1) is 2.41. The molecule has 0 saturated carbocycles. The van der Waals surface area contributed by atoms with Gasteiger partial charge in [0.25, 0.3) is 0 Å². The smallest absolute Gasteiger partial charge is 0.137 e. The quantitative estimate of drug-likeness (QED) is 0.330. The Labute approximate surface area is 44.9 Å². The molecule has 0 radical (unpaired) electrons. The summed E-state index contributed by atoms with van der Waals surface area (Å²) >= 11 is 0. The van der Waals surface area contributed by atoms with Crippen molar-refractivity contribution in [2.24, 2.45) is 0 Å². The molecular weight excluding hydrogens is 97.5 g/mol. The van der Waals surface area contributed by atoms with Gasteiger partial charge in [-0.3, -0.25) is 4.99 Å². The van der Waals surface area contributed by atoms with E-state index in [0.717, 1.165) is 6.54 Å². The lowest BCUT2D eigenvalue weighted by Crippen LogP contribution is -3.00. The Balaban J connectivity index is 0. The van der Waals surface area contributed by atoms with Crippen molar-refractivity contribution < 1.29 is 17.4 Å². The average Bonchev–Trinajstić information content (AvgIpc) is 1.41. The van der Waals surface area contributed by atoms with Crippen LogP contribution in [0.2, 0.25) is 0 Å². The minimum Gasteiger partial charge on any atom is -1.00 e. The highest BCUT2D eigenvalue weighted by Crippen LogP contribution is 1.20. The first kappa shape index (κ1) is 9.35. The Morgan fingerprint density at radius 2 is 2.17 bits per heavy atom. The molecule has 1 N–H and O–H groups in total. The molecule has 0 spiro atoms. The Morgan fingerprint density at radius 3 is 2.17 bits per heavy atom. The Morgan fingerprint density at radius 1 is 1.67 bits per heavy atom. The van der Waals surface area contributed by atoms with Gasteiger partial charge in [-0.05, 0) is 6.92 Å². The second kappa shape index (κ2) is 8.88. The molecule has 0 heterocycles. The van der Waals surface area contributed by atoms with Crippen LogP contribution in [-0.4, -0.2) is 12.8 Å². The number of hydrogen-bond donors (Lipinski definition) is 1. The fraction of sp³-hybridized carbons (Fsp3) is 0.750. The molecule has 0 aromatic heterocycles. The molecular formula is C4H10ClN. The van der Waals surface area contributed by atoms with Gasteiger partial charge < -0.3 is 12.4 Å². The first-order valence-corrected chi connectivity index (χ1v) is 1.93. The lowest BCUT2D eigenvalue weighted by atomic mass is 10.8. The number of hydrogen-bond acceptors (Lipinski definition) is 0. The maximum absolute atomic E-state index is 2.99. The summed E-state index contributed by atoms with van der Waals surface area (Å²) in [6.07, 6.45) is 1.93. The predicted molar refractivity (Wildman–Crippen MR) is 23.2 cm³/mol. The molecule has 0 fully saturated rings. The Kier molecular flexibility index (Phi) is 13.8. The van der Waals surface area contributed by atoms with Crippen molar-refractivity contribution >= 4 is 6.21 Å². The summed E-state index contributed by atoms with van der Waals surface area (Å²) < 4.78 is 0. The second-order valence-corrected chi connectivity index (χ2v) is 0.846. The molecule has 0 aliphatic rings. The molecule has 0 aliphatic carbocycles. The third-order valence-corrected chi connectivity index (χ3v) is 0.408. The summed E-state index contributed by atoms with van der Waals surface area (Å²) in [5.74, 6) is 0. The topological polar surface area (TPSA) is 14.0 Å². The zero-order valence-electron chi connectivity index (χ0n) is 4.16. The number of rotatable bonds is 1. The van der Waals surface area contributed by atoms with Gasteiger partial charge in [-0.15, -0.1) is 0 Å². The lowest BCUT2D eigenvalue weighted by molar-refractivity contribution is -0.447. The van der Waals surface area contributed by atoms with Crippen molar-refractivity contribution in [1.82, 2.24) is 0 Å². The molecule has 0 rings (SSSR count). The summed E-state index contributed by atoms with van der Waals surface area (Å²) in [6.45, 7) is 5.08. The van der Waals surface area contributed by atoms with E-state index in [1.165, 1.54) is 0 Å². The van der Waals surface area contributed by atoms with Crippen molar-refractivity contribution in [2.75, 3.05) is 6.54 Å². The van der Waals surface area contributed by atoms with Crippen molar-refractivity contribution in [1.29, 1.82) is 0 Å². The zero-order valence-corrected chi connectivity index (χ0v) is 4.92. The van der Waals surface area contributed by atoms with Crippen molar-refractivity contribution in [2.45, 2.75) is 13.8 Å². The van der Waals surface area contributed by atoms with Gasteiger partial charge in [0.15, 0.2) is 0 Å². The van der Waals surface area contributed by atoms with Gasteiger partial charge in [0, 0.05) is 6.92 Å². The van der Waals surface area contributed by atoms with Crippen molar-refractivity contribution in [3.8, 4) is 0 Å². The van der Waals surface area contributed by atoms with Crippen LogP contribution in [-0.2, 0) is 0 Å². The van der Waals surface area contributed by atoms with E-state index in [-0.39, 0.29) is 12.4 Å². The molecule has 0 amide bonds. The largest absolute Gasteiger partial charge is 1.00 e. The van der Waals surface area contributed by atoms with E-state index in [4.69, 9.17) is 0 Å².